The molecular weight excluding hydrogens is 232 g/mol. The van der Waals surface area contributed by atoms with E-state index in [2.05, 4.69) is 0 Å². The summed E-state index contributed by atoms with van der Waals surface area (Å²) in [5.74, 6) is 0.369. The van der Waals surface area contributed by atoms with Gasteiger partial charge in [-0.1, -0.05) is 12.1 Å². The number of aliphatic hydroxyl groups excluding tert-OH is 1. The number of nitrogen functional groups attached to an aromatic ring is 1. The second kappa shape index (κ2) is 6.86. The van der Waals surface area contributed by atoms with Crippen LogP contribution in [0.15, 0.2) is 24.3 Å². The Balaban J connectivity index is 2.39. The lowest BCUT2D eigenvalue weighted by atomic mass is 10.3. The second-order valence-corrected chi connectivity index (χ2v) is 4.28. The molecular formula is C13H20N2O3. The van der Waals surface area contributed by atoms with Crippen molar-refractivity contribution in [1.29, 1.82) is 0 Å². The number of ether oxygens (including phenoxy) is 1. The lowest BCUT2D eigenvalue weighted by Crippen LogP contribution is -2.33. The van der Waals surface area contributed by atoms with Gasteiger partial charge in [0, 0.05) is 13.6 Å². The first-order valence-electron chi connectivity index (χ1n) is 5.90. The van der Waals surface area contributed by atoms with Crippen molar-refractivity contribution in [1.82, 2.24) is 4.90 Å². The molecule has 3 N–H and O–H groups in total. The monoisotopic (exact) mass is 252 g/mol. The maximum absolute atomic E-state index is 11.7. The fourth-order valence-corrected chi connectivity index (χ4v) is 1.37. The molecule has 18 heavy (non-hydrogen) atoms. The summed E-state index contributed by atoms with van der Waals surface area (Å²) in [6.45, 7) is 2.15. The number of hydrogen-bond acceptors (Lipinski definition) is 4. The zero-order valence-electron chi connectivity index (χ0n) is 10.8. The molecule has 1 unspecified atom stereocenters. The van der Waals surface area contributed by atoms with E-state index in [4.69, 9.17) is 15.6 Å². The summed E-state index contributed by atoms with van der Waals surface area (Å²) in [4.78, 5) is 13.3. The van der Waals surface area contributed by atoms with Gasteiger partial charge in [-0.25, -0.2) is 0 Å². The summed E-state index contributed by atoms with van der Waals surface area (Å²) >= 11 is 0. The Bertz CT molecular complexity index is 394. The van der Waals surface area contributed by atoms with E-state index in [0.717, 1.165) is 0 Å². The molecule has 0 aliphatic rings. The largest absolute Gasteiger partial charge is 0.482 e. The van der Waals surface area contributed by atoms with Gasteiger partial charge in [-0.3, -0.25) is 4.79 Å². The number of para-hydroxylation sites is 2. The summed E-state index contributed by atoms with van der Waals surface area (Å²) in [6, 6.07) is 7.04. The average Bonchev–Trinajstić information content (AvgIpc) is 2.34. The van der Waals surface area contributed by atoms with Crippen molar-refractivity contribution in [2.24, 2.45) is 0 Å². The first kappa shape index (κ1) is 14.3. The van der Waals surface area contributed by atoms with Crippen LogP contribution >= 0.6 is 0 Å². The third-order valence-corrected chi connectivity index (χ3v) is 2.58. The van der Waals surface area contributed by atoms with Crippen molar-refractivity contribution >= 4 is 11.6 Å². The summed E-state index contributed by atoms with van der Waals surface area (Å²) in [5, 5.41) is 9.14. The minimum absolute atomic E-state index is 0.0511. The summed E-state index contributed by atoms with van der Waals surface area (Å²) in [5.41, 5.74) is 6.21. The van der Waals surface area contributed by atoms with Crippen LogP contribution in [-0.4, -0.2) is 42.2 Å². The number of hydrogen-bond donors (Lipinski definition) is 2. The fraction of sp³-hybridized carbons (Fsp3) is 0.462. The number of carbonyl (C=O) groups excluding carboxylic acids is 1. The Morgan fingerprint density at radius 3 is 2.78 bits per heavy atom. The molecule has 1 aromatic carbocycles. The predicted molar refractivity (Wildman–Crippen MR) is 70.3 cm³/mol. The van der Waals surface area contributed by atoms with Crippen LogP contribution in [0.25, 0.3) is 0 Å². The summed E-state index contributed by atoms with van der Waals surface area (Å²) in [7, 11) is 1.68. The summed E-state index contributed by atoms with van der Waals surface area (Å²) in [6.07, 6.45) is 0.140. The molecule has 0 saturated heterocycles. The third-order valence-electron chi connectivity index (χ3n) is 2.58. The van der Waals surface area contributed by atoms with Crippen LogP contribution in [0.3, 0.4) is 0 Å². The highest BCUT2D eigenvalue weighted by Crippen LogP contribution is 2.19. The lowest BCUT2D eigenvalue weighted by Gasteiger charge is -2.18. The maximum Gasteiger partial charge on any atom is 0.260 e. The first-order chi connectivity index (χ1) is 8.50. The first-order valence-corrected chi connectivity index (χ1v) is 5.90. The van der Waals surface area contributed by atoms with Gasteiger partial charge >= 0.3 is 0 Å². The van der Waals surface area contributed by atoms with Crippen LogP contribution in [0.2, 0.25) is 0 Å². The topological polar surface area (TPSA) is 75.8 Å². The van der Waals surface area contributed by atoms with Crippen molar-refractivity contribution in [2.45, 2.75) is 19.4 Å². The van der Waals surface area contributed by atoms with Gasteiger partial charge in [0.1, 0.15) is 5.75 Å². The molecule has 0 aliphatic carbocycles. The van der Waals surface area contributed by atoms with Crippen LogP contribution in [0.4, 0.5) is 5.69 Å². The number of nitrogens with zero attached hydrogens (tertiary/aromatic N) is 1. The molecule has 0 saturated carbocycles. The Morgan fingerprint density at radius 2 is 2.17 bits per heavy atom. The molecule has 0 bridgehead atoms. The SMILES string of the molecule is CC(O)CCN(C)C(=O)COc1ccccc1N. The molecule has 0 aromatic heterocycles. The molecule has 5 heteroatoms. The zero-order chi connectivity index (χ0) is 13.5. The van der Waals surface area contributed by atoms with Gasteiger partial charge < -0.3 is 20.5 Å². The van der Waals surface area contributed by atoms with Crippen molar-refractivity contribution in [2.75, 3.05) is 25.9 Å². The Labute approximate surface area is 107 Å². The second-order valence-electron chi connectivity index (χ2n) is 4.28. The Morgan fingerprint density at radius 1 is 1.50 bits per heavy atom. The van der Waals surface area contributed by atoms with Gasteiger partial charge in [0.05, 0.1) is 11.8 Å². The summed E-state index contributed by atoms with van der Waals surface area (Å²) < 4.78 is 5.35. The van der Waals surface area contributed by atoms with Crippen LogP contribution in [0.5, 0.6) is 5.75 Å². The van der Waals surface area contributed by atoms with Crippen molar-refractivity contribution < 1.29 is 14.6 Å². The lowest BCUT2D eigenvalue weighted by molar-refractivity contribution is -0.132. The number of nitrogens with two attached hydrogens (primary N) is 1. The van der Waals surface area contributed by atoms with Crippen molar-refractivity contribution in [3.05, 3.63) is 24.3 Å². The number of amides is 1. The predicted octanol–water partition coefficient (Wildman–Crippen LogP) is 0.877. The van der Waals surface area contributed by atoms with Crippen molar-refractivity contribution in [3.8, 4) is 5.75 Å². The quantitative estimate of drug-likeness (QED) is 0.737. The molecule has 0 heterocycles. The average molecular weight is 252 g/mol. The Hall–Kier alpha value is -1.75. The van der Waals surface area contributed by atoms with E-state index in [1.165, 1.54) is 4.90 Å². The number of rotatable bonds is 6. The van der Waals surface area contributed by atoms with Gasteiger partial charge in [-0.2, -0.15) is 0 Å². The molecule has 1 atom stereocenters. The molecule has 1 aromatic rings. The van der Waals surface area contributed by atoms with Crippen LogP contribution in [0, 0.1) is 0 Å². The van der Waals surface area contributed by atoms with E-state index in [1.807, 2.05) is 0 Å². The van der Waals surface area contributed by atoms with E-state index in [9.17, 15) is 4.79 Å². The number of likely N-dealkylation sites (N-methyl/N-ethyl adjacent to an activating group) is 1. The van der Waals surface area contributed by atoms with E-state index in [-0.39, 0.29) is 12.5 Å². The number of carbonyl (C=O) groups is 1. The van der Waals surface area contributed by atoms with Crippen LogP contribution < -0.4 is 10.5 Å². The van der Waals surface area contributed by atoms with Crippen LogP contribution in [0.1, 0.15) is 13.3 Å². The minimum atomic E-state index is -0.411. The smallest absolute Gasteiger partial charge is 0.260 e. The Kier molecular flexibility index (Phi) is 5.45. The maximum atomic E-state index is 11.7. The molecule has 0 spiro atoms. The standard InChI is InChI=1S/C13H20N2O3/c1-10(16)7-8-15(2)13(17)9-18-12-6-4-3-5-11(12)14/h3-6,10,16H,7-9,14H2,1-2H3. The minimum Gasteiger partial charge on any atom is -0.482 e. The molecule has 5 nitrogen and oxygen atoms in total. The van der Waals surface area contributed by atoms with E-state index in [0.29, 0.717) is 24.4 Å². The van der Waals surface area contributed by atoms with Gasteiger partial charge in [-0.15, -0.1) is 0 Å². The van der Waals surface area contributed by atoms with Crippen molar-refractivity contribution in [3.63, 3.8) is 0 Å². The molecule has 0 aliphatic heterocycles. The zero-order valence-corrected chi connectivity index (χ0v) is 10.8. The molecule has 1 amide bonds. The number of benzene rings is 1. The highest BCUT2D eigenvalue weighted by molar-refractivity contribution is 5.77. The highest BCUT2D eigenvalue weighted by Gasteiger charge is 2.11. The van der Waals surface area contributed by atoms with E-state index < -0.39 is 6.10 Å². The van der Waals surface area contributed by atoms with Gasteiger partial charge in [0.15, 0.2) is 6.61 Å². The molecule has 0 radical (unpaired) electrons. The normalized spacial score (nSPS) is 11.9. The molecule has 1 rings (SSSR count). The van der Waals surface area contributed by atoms with Crippen LogP contribution in [-0.2, 0) is 4.79 Å². The highest BCUT2D eigenvalue weighted by atomic mass is 16.5. The molecule has 0 fully saturated rings. The number of anilines is 1. The van der Waals surface area contributed by atoms with Gasteiger partial charge in [0.25, 0.3) is 5.91 Å². The van der Waals surface area contributed by atoms with Gasteiger partial charge in [-0.05, 0) is 25.5 Å². The third kappa shape index (κ3) is 4.63. The van der Waals surface area contributed by atoms with Gasteiger partial charge in [0.2, 0.25) is 0 Å². The number of aliphatic hydroxyl groups is 1. The molecule has 100 valence electrons. The fourth-order valence-electron chi connectivity index (χ4n) is 1.37. The van der Waals surface area contributed by atoms with E-state index in [1.54, 1.807) is 38.2 Å². The van der Waals surface area contributed by atoms with E-state index >= 15 is 0 Å².